The van der Waals surface area contributed by atoms with E-state index in [1.807, 2.05) is 0 Å². The molecule has 20 heavy (non-hydrogen) atoms. The van der Waals surface area contributed by atoms with Crippen LogP contribution in [0.3, 0.4) is 0 Å². The van der Waals surface area contributed by atoms with Crippen molar-refractivity contribution >= 4 is 29.5 Å². The van der Waals surface area contributed by atoms with Gasteiger partial charge in [-0.25, -0.2) is 4.79 Å². The summed E-state index contributed by atoms with van der Waals surface area (Å²) in [6, 6.07) is 7.90. The molecule has 0 saturated carbocycles. The topological polar surface area (TPSA) is 93.0 Å². The van der Waals surface area contributed by atoms with E-state index in [1.165, 1.54) is 36.5 Å². The van der Waals surface area contributed by atoms with Crippen LogP contribution in [-0.2, 0) is 0 Å². The molecule has 0 unspecified atom stereocenters. The Kier molecular flexibility index (Phi) is 3.91. The van der Waals surface area contributed by atoms with Gasteiger partial charge in [0.05, 0.1) is 5.56 Å². The molecule has 0 amide bonds. The molecule has 2 N–H and O–H groups in total. The molecular formula is C14H9ClNO4-. The molecule has 0 aliphatic heterocycles. The number of rotatable bonds is 3. The molecule has 2 rings (SSSR count). The quantitative estimate of drug-likeness (QED) is 0.850. The van der Waals surface area contributed by atoms with Crippen LogP contribution < -0.4 is 5.11 Å². The van der Waals surface area contributed by atoms with Crippen LogP contribution >= 0.6 is 11.6 Å². The second-order valence-corrected chi connectivity index (χ2v) is 4.39. The summed E-state index contributed by atoms with van der Waals surface area (Å²) in [4.78, 5) is 14.8. The standard InChI is InChI=1S/C14H10ClNO4/c15-10-2-4-13(18)11(6-10)16-7-9-5-8(14(19)20)1-3-12(9)17/h1-7,17-18H,(H,19,20)/p-1. The summed E-state index contributed by atoms with van der Waals surface area (Å²) in [7, 11) is 0. The fraction of sp³-hybridized carbons (Fsp3) is 0. The summed E-state index contributed by atoms with van der Waals surface area (Å²) >= 11 is 5.77. The van der Waals surface area contributed by atoms with Gasteiger partial charge in [-0.3, -0.25) is 4.99 Å². The average molecular weight is 291 g/mol. The summed E-state index contributed by atoms with van der Waals surface area (Å²) in [5.74, 6) is -1.59. The smallest absolute Gasteiger partial charge is 0.335 e. The van der Waals surface area contributed by atoms with E-state index in [4.69, 9.17) is 16.7 Å². The van der Waals surface area contributed by atoms with Gasteiger partial charge in [-0.15, -0.1) is 5.75 Å². The Morgan fingerprint density at radius 1 is 1.25 bits per heavy atom. The van der Waals surface area contributed by atoms with Crippen LogP contribution in [0, 0.1) is 0 Å². The zero-order chi connectivity index (χ0) is 14.7. The Morgan fingerprint density at radius 3 is 2.70 bits per heavy atom. The van der Waals surface area contributed by atoms with E-state index in [2.05, 4.69) is 4.99 Å². The Balaban J connectivity index is 2.38. The lowest BCUT2D eigenvalue weighted by molar-refractivity contribution is -0.268. The minimum absolute atomic E-state index is 0.0126. The van der Waals surface area contributed by atoms with Crippen LogP contribution in [0.5, 0.6) is 11.5 Å². The van der Waals surface area contributed by atoms with E-state index >= 15 is 0 Å². The lowest BCUT2D eigenvalue weighted by Crippen LogP contribution is -2.01. The molecule has 2 aromatic carbocycles. The predicted molar refractivity (Wildman–Crippen MR) is 73.2 cm³/mol. The minimum atomic E-state index is -1.13. The van der Waals surface area contributed by atoms with Gasteiger partial charge in [0, 0.05) is 11.2 Å². The number of halogens is 1. The van der Waals surface area contributed by atoms with Crippen molar-refractivity contribution in [3.63, 3.8) is 0 Å². The number of aliphatic imine (C=N–C) groups is 1. The molecule has 2 aromatic rings. The van der Waals surface area contributed by atoms with Crippen molar-refractivity contribution in [1.29, 1.82) is 0 Å². The van der Waals surface area contributed by atoms with Crippen LogP contribution in [0.15, 0.2) is 41.4 Å². The van der Waals surface area contributed by atoms with Gasteiger partial charge in [0.1, 0.15) is 11.4 Å². The first-order valence-corrected chi connectivity index (χ1v) is 5.92. The van der Waals surface area contributed by atoms with Crippen molar-refractivity contribution in [3.05, 3.63) is 52.5 Å². The molecule has 0 aliphatic carbocycles. The third kappa shape index (κ3) is 3.07. The highest BCUT2D eigenvalue weighted by Crippen LogP contribution is 2.29. The highest BCUT2D eigenvalue weighted by Gasteiger charge is 2.04. The van der Waals surface area contributed by atoms with Gasteiger partial charge < -0.3 is 15.3 Å². The van der Waals surface area contributed by atoms with E-state index < -0.39 is 5.97 Å². The maximum Gasteiger partial charge on any atom is 0.335 e. The molecule has 0 bridgehead atoms. The molecular weight excluding hydrogens is 282 g/mol. The number of carboxylic acid groups (broad SMARTS) is 1. The molecule has 0 radical (unpaired) electrons. The molecule has 0 saturated heterocycles. The van der Waals surface area contributed by atoms with Crippen molar-refractivity contribution in [3.8, 4) is 11.5 Å². The van der Waals surface area contributed by atoms with Crippen molar-refractivity contribution in [2.45, 2.75) is 0 Å². The predicted octanol–water partition coefficient (Wildman–Crippen LogP) is 2.57. The monoisotopic (exact) mass is 290 g/mol. The number of phenols is 1. The number of benzene rings is 2. The van der Waals surface area contributed by atoms with Crippen LogP contribution in [-0.4, -0.2) is 22.4 Å². The number of carboxylic acids is 1. The summed E-state index contributed by atoms with van der Waals surface area (Å²) in [6.45, 7) is 0. The van der Waals surface area contributed by atoms with Crippen LogP contribution in [0.25, 0.3) is 0 Å². The lowest BCUT2D eigenvalue weighted by Gasteiger charge is -2.10. The van der Waals surface area contributed by atoms with E-state index in [0.717, 1.165) is 6.07 Å². The Hall–Kier alpha value is -2.53. The van der Waals surface area contributed by atoms with Gasteiger partial charge in [-0.2, -0.15) is 0 Å². The second-order valence-electron chi connectivity index (χ2n) is 3.95. The van der Waals surface area contributed by atoms with Gasteiger partial charge in [-0.05, 0) is 35.9 Å². The summed E-state index contributed by atoms with van der Waals surface area (Å²) in [5.41, 5.74) is 0.295. The average Bonchev–Trinajstić information content (AvgIpc) is 2.41. The fourth-order valence-electron chi connectivity index (χ4n) is 1.52. The van der Waals surface area contributed by atoms with E-state index in [9.17, 15) is 15.0 Å². The molecule has 0 atom stereocenters. The second kappa shape index (κ2) is 5.63. The Morgan fingerprint density at radius 2 is 2.00 bits per heavy atom. The zero-order valence-corrected chi connectivity index (χ0v) is 10.8. The van der Waals surface area contributed by atoms with E-state index in [-0.39, 0.29) is 28.3 Å². The van der Waals surface area contributed by atoms with Gasteiger partial charge in [-0.1, -0.05) is 17.7 Å². The number of hydrogen-bond donors (Lipinski definition) is 2. The maximum absolute atomic E-state index is 11.6. The minimum Gasteiger partial charge on any atom is -0.872 e. The normalized spacial score (nSPS) is 10.8. The van der Waals surface area contributed by atoms with E-state index in [0.29, 0.717) is 5.02 Å². The number of carbonyl (C=O) groups is 1. The molecule has 0 heterocycles. The molecule has 0 spiro atoms. The van der Waals surface area contributed by atoms with Crippen molar-refractivity contribution in [1.82, 2.24) is 0 Å². The number of aromatic carboxylic acids is 1. The highest BCUT2D eigenvalue weighted by atomic mass is 35.5. The van der Waals surface area contributed by atoms with Crippen molar-refractivity contribution < 1.29 is 20.1 Å². The largest absolute Gasteiger partial charge is 0.872 e. The Bertz CT molecular complexity index is 698. The Labute approximate surface area is 119 Å². The summed E-state index contributed by atoms with van der Waals surface area (Å²) in [5, 5.41) is 30.4. The molecule has 5 nitrogen and oxygen atoms in total. The number of hydrogen-bond acceptors (Lipinski definition) is 4. The molecule has 102 valence electrons. The van der Waals surface area contributed by atoms with Gasteiger partial charge in [0.25, 0.3) is 0 Å². The third-order valence-electron chi connectivity index (χ3n) is 2.54. The molecule has 0 aliphatic rings. The van der Waals surface area contributed by atoms with E-state index in [1.54, 1.807) is 0 Å². The first kappa shape index (κ1) is 13.9. The number of aromatic hydroxyl groups is 1. The maximum atomic E-state index is 11.6. The van der Waals surface area contributed by atoms with Crippen LogP contribution in [0.2, 0.25) is 5.02 Å². The third-order valence-corrected chi connectivity index (χ3v) is 2.77. The number of nitrogens with zero attached hydrogens (tertiary/aromatic N) is 1. The van der Waals surface area contributed by atoms with Crippen molar-refractivity contribution in [2.24, 2.45) is 4.99 Å². The molecule has 0 fully saturated rings. The SMILES string of the molecule is O=C(O)c1ccc([O-])c(C=Nc2cc(Cl)ccc2O)c1. The number of phenolic OH excluding ortho intramolecular Hbond substituents is 1. The first-order valence-electron chi connectivity index (χ1n) is 5.54. The lowest BCUT2D eigenvalue weighted by atomic mass is 10.1. The molecule has 0 aromatic heterocycles. The van der Waals surface area contributed by atoms with Gasteiger partial charge >= 0.3 is 5.97 Å². The highest BCUT2D eigenvalue weighted by molar-refractivity contribution is 6.30. The van der Waals surface area contributed by atoms with Crippen LogP contribution in [0.4, 0.5) is 5.69 Å². The first-order chi connectivity index (χ1) is 9.47. The molecule has 6 heteroatoms. The fourth-order valence-corrected chi connectivity index (χ4v) is 1.69. The zero-order valence-electron chi connectivity index (χ0n) is 10.1. The van der Waals surface area contributed by atoms with Gasteiger partial charge in [0.15, 0.2) is 0 Å². The van der Waals surface area contributed by atoms with Crippen molar-refractivity contribution in [2.75, 3.05) is 0 Å². The van der Waals surface area contributed by atoms with Crippen LogP contribution in [0.1, 0.15) is 15.9 Å². The summed E-state index contributed by atoms with van der Waals surface area (Å²) in [6.07, 6.45) is 1.19. The van der Waals surface area contributed by atoms with Gasteiger partial charge in [0.2, 0.25) is 0 Å². The summed E-state index contributed by atoms with van der Waals surface area (Å²) < 4.78 is 0.